The van der Waals surface area contributed by atoms with E-state index in [2.05, 4.69) is 41.8 Å². The van der Waals surface area contributed by atoms with E-state index in [1.807, 2.05) is 6.92 Å². The van der Waals surface area contributed by atoms with Gasteiger partial charge in [0.25, 0.3) is 0 Å². The van der Waals surface area contributed by atoms with Crippen LogP contribution in [0.3, 0.4) is 0 Å². The minimum atomic E-state index is 0.493. The van der Waals surface area contributed by atoms with Crippen molar-refractivity contribution in [2.75, 3.05) is 5.32 Å². The van der Waals surface area contributed by atoms with Crippen LogP contribution >= 0.6 is 0 Å². The fourth-order valence-electron chi connectivity index (χ4n) is 1.40. The van der Waals surface area contributed by atoms with Gasteiger partial charge in [-0.25, -0.2) is 4.98 Å². The molecule has 0 spiro atoms. The van der Waals surface area contributed by atoms with E-state index in [0.29, 0.717) is 6.04 Å². The normalized spacial score (nSPS) is 12.9. The van der Waals surface area contributed by atoms with Gasteiger partial charge in [0.1, 0.15) is 0 Å². The second kappa shape index (κ2) is 5.03. The monoisotopic (exact) mass is 195 g/mol. The van der Waals surface area contributed by atoms with Crippen molar-refractivity contribution < 1.29 is 0 Å². The number of aromatic nitrogens is 2. The van der Waals surface area contributed by atoms with Crippen LogP contribution in [0.25, 0.3) is 0 Å². The SMILES string of the molecule is CCCn1cc(C)nc1NC(C)CC. The first-order valence-corrected chi connectivity index (χ1v) is 5.47. The second-order valence-corrected chi connectivity index (χ2v) is 3.85. The number of hydrogen-bond donors (Lipinski definition) is 1. The van der Waals surface area contributed by atoms with Crippen molar-refractivity contribution in [2.45, 2.75) is 53.1 Å². The molecule has 0 aliphatic rings. The molecule has 0 aliphatic carbocycles. The predicted molar refractivity (Wildman–Crippen MR) is 60.6 cm³/mol. The van der Waals surface area contributed by atoms with Gasteiger partial charge in [-0.05, 0) is 26.7 Å². The van der Waals surface area contributed by atoms with Crippen molar-refractivity contribution in [3.05, 3.63) is 11.9 Å². The molecule has 1 atom stereocenters. The Morgan fingerprint density at radius 3 is 2.79 bits per heavy atom. The predicted octanol–water partition coefficient (Wildman–Crippen LogP) is 2.81. The summed E-state index contributed by atoms with van der Waals surface area (Å²) < 4.78 is 2.20. The molecule has 14 heavy (non-hydrogen) atoms. The lowest BCUT2D eigenvalue weighted by atomic mass is 10.3. The molecule has 1 aromatic heterocycles. The van der Waals surface area contributed by atoms with Gasteiger partial charge in [-0.3, -0.25) is 0 Å². The molecule has 0 aromatic carbocycles. The molecule has 0 amide bonds. The standard InChI is InChI=1S/C11H21N3/c1-5-7-14-8-10(4)13-11(14)12-9(3)6-2/h8-9H,5-7H2,1-4H3,(H,12,13). The van der Waals surface area contributed by atoms with E-state index in [0.717, 1.165) is 31.0 Å². The summed E-state index contributed by atoms with van der Waals surface area (Å²) in [4.78, 5) is 4.47. The van der Waals surface area contributed by atoms with Crippen molar-refractivity contribution in [3.63, 3.8) is 0 Å². The molecule has 0 saturated carbocycles. The molecule has 0 radical (unpaired) electrons. The highest BCUT2D eigenvalue weighted by molar-refractivity contribution is 5.29. The van der Waals surface area contributed by atoms with Crippen molar-refractivity contribution >= 4 is 5.95 Å². The maximum Gasteiger partial charge on any atom is 0.203 e. The third-order valence-electron chi connectivity index (χ3n) is 2.35. The van der Waals surface area contributed by atoms with Crippen LogP contribution in [-0.4, -0.2) is 15.6 Å². The summed E-state index contributed by atoms with van der Waals surface area (Å²) >= 11 is 0. The molecule has 1 rings (SSSR count). The zero-order valence-electron chi connectivity index (χ0n) is 9.67. The summed E-state index contributed by atoms with van der Waals surface area (Å²) in [6.45, 7) is 9.62. The number of hydrogen-bond acceptors (Lipinski definition) is 2. The van der Waals surface area contributed by atoms with Crippen LogP contribution < -0.4 is 5.32 Å². The largest absolute Gasteiger partial charge is 0.353 e. The lowest BCUT2D eigenvalue weighted by Crippen LogP contribution is -2.17. The van der Waals surface area contributed by atoms with Crippen LogP contribution in [0.1, 0.15) is 39.3 Å². The zero-order chi connectivity index (χ0) is 10.6. The fraction of sp³-hybridized carbons (Fsp3) is 0.727. The van der Waals surface area contributed by atoms with Gasteiger partial charge in [-0.1, -0.05) is 13.8 Å². The Morgan fingerprint density at radius 1 is 1.50 bits per heavy atom. The summed E-state index contributed by atoms with van der Waals surface area (Å²) in [5.74, 6) is 1.01. The summed E-state index contributed by atoms with van der Waals surface area (Å²) in [6.07, 6.45) is 4.37. The van der Waals surface area contributed by atoms with Crippen LogP contribution in [-0.2, 0) is 6.54 Å². The molecule has 1 unspecified atom stereocenters. The Balaban J connectivity index is 2.73. The average molecular weight is 195 g/mol. The maximum atomic E-state index is 4.47. The van der Waals surface area contributed by atoms with E-state index in [4.69, 9.17) is 0 Å². The summed E-state index contributed by atoms with van der Waals surface area (Å²) in [5.41, 5.74) is 1.09. The van der Waals surface area contributed by atoms with Crippen LogP contribution in [0.2, 0.25) is 0 Å². The van der Waals surface area contributed by atoms with Gasteiger partial charge in [0.2, 0.25) is 5.95 Å². The molecule has 3 heteroatoms. The lowest BCUT2D eigenvalue weighted by molar-refractivity contribution is 0.665. The van der Waals surface area contributed by atoms with E-state index in [1.54, 1.807) is 0 Å². The Bertz CT molecular complexity index is 278. The summed E-state index contributed by atoms with van der Waals surface area (Å²) in [5, 5.41) is 3.42. The molecule has 0 fully saturated rings. The highest BCUT2D eigenvalue weighted by Crippen LogP contribution is 2.11. The van der Waals surface area contributed by atoms with Crippen molar-refractivity contribution in [1.82, 2.24) is 9.55 Å². The summed E-state index contributed by atoms with van der Waals surface area (Å²) in [6, 6.07) is 0.493. The number of imidazole rings is 1. The van der Waals surface area contributed by atoms with Crippen molar-refractivity contribution in [1.29, 1.82) is 0 Å². The van der Waals surface area contributed by atoms with Gasteiger partial charge in [-0.2, -0.15) is 0 Å². The maximum absolute atomic E-state index is 4.47. The number of rotatable bonds is 5. The average Bonchev–Trinajstić information content (AvgIpc) is 2.47. The van der Waals surface area contributed by atoms with Gasteiger partial charge in [-0.15, -0.1) is 0 Å². The van der Waals surface area contributed by atoms with Gasteiger partial charge >= 0.3 is 0 Å². The van der Waals surface area contributed by atoms with E-state index in [1.165, 1.54) is 0 Å². The molecular formula is C11H21N3. The third-order valence-corrected chi connectivity index (χ3v) is 2.35. The van der Waals surface area contributed by atoms with E-state index in [9.17, 15) is 0 Å². The fourth-order valence-corrected chi connectivity index (χ4v) is 1.40. The van der Waals surface area contributed by atoms with Crippen LogP contribution in [0.5, 0.6) is 0 Å². The topological polar surface area (TPSA) is 29.9 Å². The first-order chi connectivity index (χ1) is 6.67. The number of nitrogens with one attached hydrogen (secondary N) is 1. The van der Waals surface area contributed by atoms with Gasteiger partial charge in [0.05, 0.1) is 5.69 Å². The molecule has 1 N–H and O–H groups in total. The van der Waals surface area contributed by atoms with Crippen LogP contribution in [0.4, 0.5) is 5.95 Å². The smallest absolute Gasteiger partial charge is 0.203 e. The minimum absolute atomic E-state index is 0.493. The molecular weight excluding hydrogens is 174 g/mol. The Labute approximate surface area is 86.5 Å². The first kappa shape index (κ1) is 11.1. The first-order valence-electron chi connectivity index (χ1n) is 5.47. The van der Waals surface area contributed by atoms with Gasteiger partial charge < -0.3 is 9.88 Å². The Morgan fingerprint density at radius 2 is 2.21 bits per heavy atom. The van der Waals surface area contributed by atoms with Crippen molar-refractivity contribution in [2.24, 2.45) is 0 Å². The molecule has 0 aliphatic heterocycles. The highest BCUT2D eigenvalue weighted by Gasteiger charge is 2.06. The van der Waals surface area contributed by atoms with E-state index < -0.39 is 0 Å². The molecule has 3 nitrogen and oxygen atoms in total. The third kappa shape index (κ3) is 2.76. The van der Waals surface area contributed by atoms with E-state index >= 15 is 0 Å². The number of nitrogens with zero attached hydrogens (tertiary/aromatic N) is 2. The summed E-state index contributed by atoms with van der Waals surface area (Å²) in [7, 11) is 0. The van der Waals surface area contributed by atoms with E-state index in [-0.39, 0.29) is 0 Å². The van der Waals surface area contributed by atoms with Gasteiger partial charge in [0, 0.05) is 18.8 Å². The van der Waals surface area contributed by atoms with Crippen molar-refractivity contribution in [3.8, 4) is 0 Å². The Kier molecular flexibility index (Phi) is 3.98. The number of aryl methyl sites for hydroxylation is 2. The van der Waals surface area contributed by atoms with Crippen LogP contribution in [0.15, 0.2) is 6.20 Å². The Hall–Kier alpha value is -0.990. The number of anilines is 1. The highest BCUT2D eigenvalue weighted by atomic mass is 15.2. The lowest BCUT2D eigenvalue weighted by Gasteiger charge is -2.13. The van der Waals surface area contributed by atoms with Gasteiger partial charge in [0.15, 0.2) is 0 Å². The molecule has 0 bridgehead atoms. The van der Waals surface area contributed by atoms with Crippen LogP contribution in [0, 0.1) is 6.92 Å². The molecule has 0 saturated heterocycles. The second-order valence-electron chi connectivity index (χ2n) is 3.85. The zero-order valence-corrected chi connectivity index (χ0v) is 9.67. The molecule has 80 valence electrons. The molecule has 1 aromatic rings. The minimum Gasteiger partial charge on any atom is -0.353 e. The molecule has 1 heterocycles. The quantitative estimate of drug-likeness (QED) is 0.783.